The molecule has 0 saturated carbocycles. The second-order valence-corrected chi connectivity index (χ2v) is 6.67. The smallest absolute Gasteiger partial charge is 0.239 e. The molecule has 150 valence electrons. The van der Waals surface area contributed by atoms with Gasteiger partial charge in [-0.15, -0.1) is 0 Å². The molecular formula is C21H20ClN3O4. The molecule has 8 heteroatoms. The van der Waals surface area contributed by atoms with E-state index in [4.69, 9.17) is 20.8 Å². The minimum absolute atomic E-state index is 0.0167. The SMILES string of the molecule is COc1ccc(CNC(=O)CNC(=O)Cc2coc(-c3ccc(Cl)cc3)n2)cc1. The number of methoxy groups -OCH3 is 1. The first-order valence-electron chi connectivity index (χ1n) is 8.90. The molecule has 29 heavy (non-hydrogen) atoms. The van der Waals surface area contributed by atoms with Gasteiger partial charge in [-0.05, 0) is 42.0 Å². The third kappa shape index (κ3) is 6.08. The number of hydrogen-bond donors (Lipinski definition) is 2. The summed E-state index contributed by atoms with van der Waals surface area (Å²) in [4.78, 5) is 28.3. The number of carbonyl (C=O) groups excluding carboxylic acids is 2. The molecule has 3 aromatic rings. The standard InChI is InChI=1S/C21H20ClN3O4/c1-28-18-8-2-14(3-9-18)11-23-20(27)12-24-19(26)10-17-13-29-21(25-17)15-4-6-16(22)7-5-15/h2-9,13H,10-12H2,1H3,(H,23,27)(H,24,26). The van der Waals surface area contributed by atoms with Crippen LogP contribution in [0.1, 0.15) is 11.3 Å². The summed E-state index contributed by atoms with van der Waals surface area (Å²) >= 11 is 5.86. The van der Waals surface area contributed by atoms with Crippen LogP contribution in [-0.4, -0.2) is 30.5 Å². The van der Waals surface area contributed by atoms with Crippen LogP contribution in [0.5, 0.6) is 5.75 Å². The zero-order valence-corrected chi connectivity index (χ0v) is 16.5. The zero-order chi connectivity index (χ0) is 20.6. The van der Waals surface area contributed by atoms with Gasteiger partial charge in [0.1, 0.15) is 12.0 Å². The minimum atomic E-state index is -0.319. The van der Waals surface area contributed by atoms with Crippen LogP contribution in [0.3, 0.4) is 0 Å². The second-order valence-electron chi connectivity index (χ2n) is 6.23. The van der Waals surface area contributed by atoms with Gasteiger partial charge < -0.3 is 19.8 Å². The summed E-state index contributed by atoms with van der Waals surface area (Å²) in [7, 11) is 1.59. The maximum Gasteiger partial charge on any atom is 0.239 e. The van der Waals surface area contributed by atoms with E-state index in [2.05, 4.69) is 15.6 Å². The van der Waals surface area contributed by atoms with Crippen molar-refractivity contribution in [1.29, 1.82) is 0 Å². The molecule has 0 spiro atoms. The zero-order valence-electron chi connectivity index (χ0n) is 15.8. The molecular weight excluding hydrogens is 394 g/mol. The molecule has 0 aliphatic carbocycles. The number of aromatic nitrogens is 1. The van der Waals surface area contributed by atoms with Crippen LogP contribution in [0.2, 0.25) is 5.02 Å². The van der Waals surface area contributed by atoms with E-state index in [-0.39, 0.29) is 24.8 Å². The Bertz CT molecular complexity index is 968. The van der Waals surface area contributed by atoms with Crippen molar-refractivity contribution < 1.29 is 18.7 Å². The Morgan fingerprint density at radius 2 is 1.76 bits per heavy atom. The summed E-state index contributed by atoms with van der Waals surface area (Å²) in [5, 5.41) is 5.93. The Balaban J connectivity index is 1.42. The van der Waals surface area contributed by atoms with E-state index in [1.165, 1.54) is 6.26 Å². The fourth-order valence-electron chi connectivity index (χ4n) is 2.53. The molecule has 0 atom stereocenters. The quantitative estimate of drug-likeness (QED) is 0.592. The van der Waals surface area contributed by atoms with Gasteiger partial charge in [0.2, 0.25) is 17.7 Å². The van der Waals surface area contributed by atoms with E-state index in [9.17, 15) is 9.59 Å². The number of oxazole rings is 1. The summed E-state index contributed by atoms with van der Waals surface area (Å²) < 4.78 is 10.5. The molecule has 0 bridgehead atoms. The van der Waals surface area contributed by atoms with E-state index in [1.54, 1.807) is 31.4 Å². The number of benzene rings is 2. The average Bonchev–Trinajstić information content (AvgIpc) is 3.20. The van der Waals surface area contributed by atoms with E-state index >= 15 is 0 Å². The van der Waals surface area contributed by atoms with Gasteiger partial charge in [0.15, 0.2) is 0 Å². The normalized spacial score (nSPS) is 10.4. The van der Waals surface area contributed by atoms with Crippen molar-refractivity contribution >= 4 is 23.4 Å². The molecule has 0 aliphatic heterocycles. The highest BCUT2D eigenvalue weighted by Crippen LogP contribution is 2.21. The molecule has 0 aliphatic rings. The summed E-state index contributed by atoms with van der Waals surface area (Å²) in [5.74, 6) is 0.554. The number of ether oxygens (including phenoxy) is 1. The fraction of sp³-hybridized carbons (Fsp3) is 0.190. The highest BCUT2D eigenvalue weighted by Gasteiger charge is 2.11. The highest BCUT2D eigenvalue weighted by molar-refractivity contribution is 6.30. The van der Waals surface area contributed by atoms with Crippen molar-refractivity contribution in [2.24, 2.45) is 0 Å². The lowest BCUT2D eigenvalue weighted by atomic mass is 10.2. The lowest BCUT2D eigenvalue weighted by molar-refractivity contribution is -0.125. The van der Waals surface area contributed by atoms with Gasteiger partial charge in [-0.2, -0.15) is 0 Å². The second kappa shape index (κ2) is 9.75. The number of halogens is 1. The Morgan fingerprint density at radius 1 is 1.03 bits per heavy atom. The lowest BCUT2D eigenvalue weighted by Gasteiger charge is -2.07. The monoisotopic (exact) mass is 413 g/mol. The van der Waals surface area contributed by atoms with Gasteiger partial charge in [-0.3, -0.25) is 9.59 Å². The first kappa shape index (κ1) is 20.4. The maximum absolute atomic E-state index is 12.0. The number of rotatable bonds is 8. The predicted octanol–water partition coefficient (Wildman–Crippen LogP) is 2.98. The fourth-order valence-corrected chi connectivity index (χ4v) is 2.65. The summed E-state index contributed by atoms with van der Waals surface area (Å²) in [6, 6.07) is 14.4. The Morgan fingerprint density at radius 3 is 2.45 bits per heavy atom. The van der Waals surface area contributed by atoms with Crippen molar-refractivity contribution in [3.05, 3.63) is 71.1 Å². The maximum atomic E-state index is 12.0. The summed E-state index contributed by atoms with van der Waals surface area (Å²) in [6.45, 7) is 0.253. The van der Waals surface area contributed by atoms with Gasteiger partial charge >= 0.3 is 0 Å². The molecule has 0 fully saturated rings. The molecule has 2 N–H and O–H groups in total. The Hall–Kier alpha value is -3.32. The first-order chi connectivity index (χ1) is 14.0. The topological polar surface area (TPSA) is 93.5 Å². The van der Waals surface area contributed by atoms with Crippen molar-refractivity contribution in [1.82, 2.24) is 15.6 Å². The molecule has 0 saturated heterocycles. The minimum Gasteiger partial charge on any atom is -0.497 e. The third-order valence-electron chi connectivity index (χ3n) is 4.08. The van der Waals surface area contributed by atoms with Crippen molar-refractivity contribution in [2.45, 2.75) is 13.0 Å². The molecule has 0 unspecified atom stereocenters. The largest absolute Gasteiger partial charge is 0.497 e. The van der Waals surface area contributed by atoms with E-state index in [0.717, 1.165) is 16.9 Å². The average molecular weight is 414 g/mol. The van der Waals surface area contributed by atoms with E-state index in [1.807, 2.05) is 24.3 Å². The van der Waals surface area contributed by atoms with E-state index < -0.39 is 0 Å². The number of amides is 2. The summed E-state index contributed by atoms with van der Waals surface area (Å²) in [6.07, 6.45) is 1.44. The number of carbonyl (C=O) groups is 2. The molecule has 0 radical (unpaired) electrons. The van der Waals surface area contributed by atoms with Crippen LogP contribution < -0.4 is 15.4 Å². The third-order valence-corrected chi connectivity index (χ3v) is 4.33. The van der Waals surface area contributed by atoms with Crippen LogP contribution in [0.25, 0.3) is 11.5 Å². The molecule has 1 heterocycles. The van der Waals surface area contributed by atoms with Crippen LogP contribution in [-0.2, 0) is 22.6 Å². The Kier molecular flexibility index (Phi) is 6.86. The number of nitrogens with zero attached hydrogens (tertiary/aromatic N) is 1. The van der Waals surface area contributed by atoms with Gasteiger partial charge in [0, 0.05) is 17.1 Å². The summed E-state index contributed by atoms with van der Waals surface area (Å²) in [5.41, 5.74) is 2.17. The molecule has 7 nitrogen and oxygen atoms in total. The molecule has 3 rings (SSSR count). The highest BCUT2D eigenvalue weighted by atomic mass is 35.5. The van der Waals surface area contributed by atoms with Crippen molar-refractivity contribution in [3.63, 3.8) is 0 Å². The van der Waals surface area contributed by atoms with Crippen molar-refractivity contribution in [3.8, 4) is 17.2 Å². The van der Waals surface area contributed by atoms with Crippen LogP contribution in [0.15, 0.2) is 59.2 Å². The Labute approximate surface area is 173 Å². The van der Waals surface area contributed by atoms with Crippen LogP contribution >= 0.6 is 11.6 Å². The number of hydrogen-bond acceptors (Lipinski definition) is 5. The molecule has 2 amide bonds. The first-order valence-corrected chi connectivity index (χ1v) is 9.28. The van der Waals surface area contributed by atoms with Crippen LogP contribution in [0.4, 0.5) is 0 Å². The van der Waals surface area contributed by atoms with Crippen LogP contribution in [0, 0.1) is 0 Å². The van der Waals surface area contributed by atoms with Crippen molar-refractivity contribution in [2.75, 3.05) is 13.7 Å². The van der Waals surface area contributed by atoms with Gasteiger partial charge in [-0.25, -0.2) is 4.98 Å². The lowest BCUT2D eigenvalue weighted by Crippen LogP contribution is -2.37. The molecule has 1 aromatic heterocycles. The van der Waals surface area contributed by atoms with E-state index in [0.29, 0.717) is 23.2 Å². The van der Waals surface area contributed by atoms with Gasteiger partial charge in [0.05, 0.1) is 25.8 Å². The van der Waals surface area contributed by atoms with Gasteiger partial charge in [-0.1, -0.05) is 23.7 Å². The van der Waals surface area contributed by atoms with Gasteiger partial charge in [0.25, 0.3) is 0 Å². The number of nitrogens with one attached hydrogen (secondary N) is 2. The molecule has 2 aromatic carbocycles. The predicted molar refractivity (Wildman–Crippen MR) is 109 cm³/mol.